The van der Waals surface area contributed by atoms with Crippen LogP contribution in [0.1, 0.15) is 89.0 Å². The summed E-state index contributed by atoms with van der Waals surface area (Å²) in [6.45, 7) is 2.13. The number of rotatable bonds is 19. The highest BCUT2D eigenvalue weighted by atomic mass is 16.5. The fourth-order valence-corrected chi connectivity index (χ4v) is 3.78. The zero-order chi connectivity index (χ0) is 24.3. The third-order valence-electron chi connectivity index (χ3n) is 5.61. The molecule has 1 aromatic heterocycles. The van der Waals surface area contributed by atoms with Crippen molar-refractivity contribution < 1.29 is 30.0 Å². The minimum absolute atomic E-state index is 0.0103. The lowest BCUT2D eigenvalue weighted by atomic mass is 9.94. The van der Waals surface area contributed by atoms with E-state index in [-0.39, 0.29) is 50.0 Å². The van der Waals surface area contributed by atoms with E-state index in [0.717, 1.165) is 64.2 Å². The Labute approximate surface area is 198 Å². The van der Waals surface area contributed by atoms with E-state index < -0.39 is 0 Å². The molecule has 1 atom stereocenters. The standard InChI is InChI=1S/C26H43NO6/c1-2-3-11-14-22(23-21-24(30)27(17-18-28)26(23)32)15-12-9-7-5-4-6-8-10-13-16-25(31)33-20-19-29/h7,9,12,15,21-22,28-30,32H,2-6,8,10-11,13-14,16-20H2,1H3. The van der Waals surface area contributed by atoms with Gasteiger partial charge in [0.05, 0.1) is 19.8 Å². The Balaban J connectivity index is 2.40. The second kappa shape index (κ2) is 18.2. The van der Waals surface area contributed by atoms with E-state index in [1.807, 2.05) is 12.2 Å². The minimum atomic E-state index is -0.236. The molecule has 0 aromatic carbocycles. The van der Waals surface area contributed by atoms with Crippen LogP contribution < -0.4 is 0 Å². The van der Waals surface area contributed by atoms with Crippen molar-refractivity contribution >= 4 is 5.97 Å². The molecule has 0 spiro atoms. The molecular formula is C26H43NO6. The summed E-state index contributed by atoms with van der Waals surface area (Å²) in [5.74, 6) is -0.224. The quantitative estimate of drug-likeness (QED) is 0.131. The molecule has 7 nitrogen and oxygen atoms in total. The van der Waals surface area contributed by atoms with Crippen molar-refractivity contribution in [1.29, 1.82) is 0 Å². The van der Waals surface area contributed by atoms with Crippen molar-refractivity contribution in [3.63, 3.8) is 0 Å². The maximum atomic E-state index is 11.3. The molecular weight excluding hydrogens is 422 g/mol. The van der Waals surface area contributed by atoms with Gasteiger partial charge in [-0.2, -0.15) is 0 Å². The van der Waals surface area contributed by atoms with Crippen molar-refractivity contribution in [2.75, 3.05) is 19.8 Å². The molecule has 188 valence electrons. The number of carbonyl (C=O) groups excluding carboxylic acids is 1. The molecule has 0 bridgehead atoms. The van der Waals surface area contributed by atoms with E-state index in [4.69, 9.17) is 14.9 Å². The number of hydrogen-bond acceptors (Lipinski definition) is 6. The molecule has 1 rings (SSSR count). The van der Waals surface area contributed by atoms with Gasteiger partial charge in [0.2, 0.25) is 0 Å². The van der Waals surface area contributed by atoms with Crippen molar-refractivity contribution in [2.45, 2.75) is 90.0 Å². The number of ether oxygens (including phenoxy) is 1. The maximum Gasteiger partial charge on any atom is 0.305 e. The predicted molar refractivity (Wildman–Crippen MR) is 130 cm³/mol. The molecule has 4 N–H and O–H groups in total. The van der Waals surface area contributed by atoms with Crippen LogP contribution in [0.5, 0.6) is 11.8 Å². The van der Waals surface area contributed by atoms with Crippen LogP contribution in [0.4, 0.5) is 0 Å². The topological polar surface area (TPSA) is 112 Å². The molecule has 0 aliphatic heterocycles. The fraction of sp³-hybridized carbons (Fsp3) is 0.654. The summed E-state index contributed by atoms with van der Waals surface area (Å²) in [5.41, 5.74) is 0.696. The first kappa shape index (κ1) is 28.8. The Morgan fingerprint density at radius 2 is 1.79 bits per heavy atom. The predicted octanol–water partition coefficient (Wildman–Crippen LogP) is 4.93. The van der Waals surface area contributed by atoms with Gasteiger partial charge in [0.1, 0.15) is 6.61 Å². The van der Waals surface area contributed by atoms with Crippen molar-refractivity contribution in [3.05, 3.63) is 35.9 Å². The van der Waals surface area contributed by atoms with Gasteiger partial charge in [-0.05, 0) is 25.7 Å². The Morgan fingerprint density at radius 1 is 1.03 bits per heavy atom. The summed E-state index contributed by atoms with van der Waals surface area (Å²) < 4.78 is 6.17. The number of allylic oxidation sites excluding steroid dienone is 4. The summed E-state index contributed by atoms with van der Waals surface area (Å²) in [6.07, 6.45) is 19.0. The Kier molecular flexibility index (Phi) is 15.9. The number of nitrogens with zero attached hydrogens (tertiary/aromatic N) is 1. The normalized spacial score (nSPS) is 12.7. The highest BCUT2D eigenvalue weighted by Gasteiger charge is 2.19. The average molecular weight is 466 g/mol. The molecule has 1 aromatic rings. The number of aliphatic hydroxyl groups excluding tert-OH is 2. The lowest BCUT2D eigenvalue weighted by Crippen LogP contribution is -2.07. The van der Waals surface area contributed by atoms with Crippen molar-refractivity contribution in [2.24, 2.45) is 0 Å². The largest absolute Gasteiger partial charge is 0.494 e. The van der Waals surface area contributed by atoms with Crippen LogP contribution in [0.25, 0.3) is 0 Å². The molecule has 0 fully saturated rings. The van der Waals surface area contributed by atoms with Crippen LogP contribution in [0.2, 0.25) is 0 Å². The Bertz CT molecular complexity index is 710. The Hall–Kier alpha value is -2.25. The first-order valence-corrected chi connectivity index (χ1v) is 12.4. The minimum Gasteiger partial charge on any atom is -0.494 e. The molecule has 0 saturated carbocycles. The van der Waals surface area contributed by atoms with E-state index in [1.54, 1.807) is 6.07 Å². The summed E-state index contributed by atoms with van der Waals surface area (Å²) >= 11 is 0. The number of aromatic hydroxyl groups is 2. The first-order chi connectivity index (χ1) is 16.0. The molecule has 0 aliphatic rings. The van der Waals surface area contributed by atoms with Crippen LogP contribution in [-0.4, -0.2) is 50.8 Å². The summed E-state index contributed by atoms with van der Waals surface area (Å²) in [7, 11) is 0. The number of aliphatic hydroxyl groups is 2. The highest BCUT2D eigenvalue weighted by molar-refractivity contribution is 5.69. The van der Waals surface area contributed by atoms with E-state index in [9.17, 15) is 15.0 Å². The number of unbranched alkanes of at least 4 members (excludes halogenated alkanes) is 7. The lowest BCUT2D eigenvalue weighted by Gasteiger charge is -2.12. The molecule has 0 saturated heterocycles. The fourth-order valence-electron chi connectivity index (χ4n) is 3.78. The highest BCUT2D eigenvalue weighted by Crippen LogP contribution is 2.36. The molecule has 7 heteroatoms. The van der Waals surface area contributed by atoms with Gasteiger partial charge in [0.25, 0.3) is 0 Å². The van der Waals surface area contributed by atoms with Gasteiger partial charge in [0.15, 0.2) is 11.8 Å². The summed E-state index contributed by atoms with van der Waals surface area (Å²) in [5, 5.41) is 38.4. The number of aromatic nitrogens is 1. The van der Waals surface area contributed by atoms with Crippen LogP contribution in [-0.2, 0) is 16.1 Å². The van der Waals surface area contributed by atoms with E-state index in [1.165, 1.54) is 4.57 Å². The molecule has 1 heterocycles. The van der Waals surface area contributed by atoms with Gasteiger partial charge in [-0.1, -0.05) is 69.8 Å². The first-order valence-electron chi connectivity index (χ1n) is 12.4. The third kappa shape index (κ3) is 12.0. The maximum absolute atomic E-state index is 11.3. The van der Waals surface area contributed by atoms with Gasteiger partial charge in [-0.25, -0.2) is 0 Å². The zero-order valence-electron chi connectivity index (χ0n) is 20.1. The van der Waals surface area contributed by atoms with E-state index in [0.29, 0.717) is 12.0 Å². The molecule has 1 unspecified atom stereocenters. The molecule has 0 radical (unpaired) electrons. The zero-order valence-corrected chi connectivity index (χ0v) is 20.1. The van der Waals surface area contributed by atoms with Gasteiger partial charge in [0, 0.05) is 24.0 Å². The van der Waals surface area contributed by atoms with Crippen LogP contribution in [0, 0.1) is 0 Å². The summed E-state index contributed by atoms with van der Waals surface area (Å²) in [4.78, 5) is 11.3. The molecule has 33 heavy (non-hydrogen) atoms. The van der Waals surface area contributed by atoms with Crippen LogP contribution in [0.3, 0.4) is 0 Å². The number of esters is 1. The second-order valence-electron chi connectivity index (χ2n) is 8.32. The monoisotopic (exact) mass is 465 g/mol. The Morgan fingerprint density at radius 3 is 2.52 bits per heavy atom. The van der Waals surface area contributed by atoms with Crippen LogP contribution in [0.15, 0.2) is 30.4 Å². The number of hydrogen-bond donors (Lipinski definition) is 4. The lowest BCUT2D eigenvalue weighted by molar-refractivity contribution is -0.144. The van der Waals surface area contributed by atoms with Crippen molar-refractivity contribution in [1.82, 2.24) is 4.57 Å². The van der Waals surface area contributed by atoms with Crippen molar-refractivity contribution in [3.8, 4) is 11.8 Å². The van der Waals surface area contributed by atoms with Gasteiger partial charge < -0.3 is 25.2 Å². The SMILES string of the molecule is CCCCCC(C=CC=CCCCCCCCC(=O)OCCO)c1cc(O)n(CCO)c1O. The average Bonchev–Trinajstić information content (AvgIpc) is 3.08. The number of carbonyl (C=O) groups is 1. The molecule has 0 amide bonds. The second-order valence-corrected chi connectivity index (χ2v) is 8.32. The van der Waals surface area contributed by atoms with Gasteiger partial charge >= 0.3 is 5.97 Å². The van der Waals surface area contributed by atoms with Crippen LogP contribution >= 0.6 is 0 Å². The molecule has 0 aliphatic carbocycles. The van der Waals surface area contributed by atoms with Gasteiger partial charge in [-0.15, -0.1) is 0 Å². The smallest absolute Gasteiger partial charge is 0.305 e. The van der Waals surface area contributed by atoms with Gasteiger partial charge in [-0.3, -0.25) is 9.36 Å². The third-order valence-corrected chi connectivity index (χ3v) is 5.61. The van der Waals surface area contributed by atoms with E-state index in [2.05, 4.69) is 19.1 Å². The summed E-state index contributed by atoms with van der Waals surface area (Å²) in [6, 6.07) is 1.60. The van der Waals surface area contributed by atoms with E-state index >= 15 is 0 Å².